The number of carbonyl (C=O) groups is 2. The van der Waals surface area contributed by atoms with Crippen molar-refractivity contribution in [1.29, 1.82) is 0 Å². The fourth-order valence-electron chi connectivity index (χ4n) is 0.625. The maximum atomic E-state index is 10.8. The summed E-state index contributed by atoms with van der Waals surface area (Å²) < 4.78 is 9.22. The molecule has 0 aliphatic heterocycles. The van der Waals surface area contributed by atoms with Crippen molar-refractivity contribution in [2.75, 3.05) is 13.2 Å². The Morgan fingerprint density at radius 2 is 1.69 bits per heavy atom. The standard InChI is InChI=1S/C10H14O5.K/c1-7(2)10(13)15-5-4-14-9(12)6-8(3)11;/h11H,1,3-6H2,2H3;/q;+1/p-1. The van der Waals surface area contributed by atoms with E-state index in [0.29, 0.717) is 0 Å². The van der Waals surface area contributed by atoms with Gasteiger partial charge in [0.1, 0.15) is 13.2 Å². The van der Waals surface area contributed by atoms with E-state index in [1.807, 2.05) is 0 Å². The maximum Gasteiger partial charge on any atom is 1.00 e. The van der Waals surface area contributed by atoms with Crippen molar-refractivity contribution >= 4 is 11.9 Å². The molecule has 0 N–H and O–H groups in total. The third kappa shape index (κ3) is 10.4. The van der Waals surface area contributed by atoms with Crippen LogP contribution >= 0.6 is 0 Å². The molecule has 0 radical (unpaired) electrons. The molecule has 6 heteroatoms. The van der Waals surface area contributed by atoms with Crippen molar-refractivity contribution in [2.24, 2.45) is 0 Å². The molecule has 0 aromatic rings. The van der Waals surface area contributed by atoms with Gasteiger partial charge in [0.25, 0.3) is 0 Å². The molecule has 0 aliphatic rings. The van der Waals surface area contributed by atoms with Gasteiger partial charge in [0.2, 0.25) is 0 Å². The van der Waals surface area contributed by atoms with Crippen molar-refractivity contribution in [3.63, 3.8) is 0 Å². The van der Waals surface area contributed by atoms with Crippen LogP contribution < -0.4 is 56.5 Å². The third-order valence-corrected chi connectivity index (χ3v) is 1.27. The van der Waals surface area contributed by atoms with Crippen molar-refractivity contribution < 1.29 is 75.6 Å². The Morgan fingerprint density at radius 1 is 1.19 bits per heavy atom. The van der Waals surface area contributed by atoms with Crippen LogP contribution in [0.4, 0.5) is 0 Å². The van der Waals surface area contributed by atoms with Crippen molar-refractivity contribution in [3.05, 3.63) is 24.5 Å². The van der Waals surface area contributed by atoms with Gasteiger partial charge in [-0.05, 0) is 6.92 Å². The van der Waals surface area contributed by atoms with Gasteiger partial charge in [-0.3, -0.25) is 4.79 Å². The van der Waals surface area contributed by atoms with Crippen molar-refractivity contribution in [3.8, 4) is 0 Å². The number of hydrogen-bond donors (Lipinski definition) is 0. The molecule has 84 valence electrons. The summed E-state index contributed by atoms with van der Waals surface area (Å²) in [4.78, 5) is 21.6. The molecule has 0 saturated heterocycles. The molecule has 5 nitrogen and oxygen atoms in total. The van der Waals surface area contributed by atoms with Gasteiger partial charge >= 0.3 is 63.3 Å². The van der Waals surface area contributed by atoms with Crippen LogP contribution in [-0.4, -0.2) is 25.2 Å². The van der Waals surface area contributed by atoms with E-state index in [1.54, 1.807) is 0 Å². The number of hydrogen-bond acceptors (Lipinski definition) is 5. The molecule has 0 amide bonds. The summed E-state index contributed by atoms with van der Waals surface area (Å²) in [5.74, 6) is -1.74. The van der Waals surface area contributed by atoms with E-state index in [0.717, 1.165) is 0 Å². The molecule has 0 aliphatic carbocycles. The molecule has 0 bridgehead atoms. The minimum Gasteiger partial charge on any atom is -0.875 e. The number of esters is 2. The number of ether oxygens (including phenoxy) is 2. The Kier molecular flexibility index (Phi) is 11.4. The van der Waals surface area contributed by atoms with Crippen molar-refractivity contribution in [2.45, 2.75) is 13.3 Å². The second-order valence-electron chi connectivity index (χ2n) is 2.85. The Bertz CT molecular complexity index is 285. The molecular weight excluding hydrogens is 239 g/mol. The van der Waals surface area contributed by atoms with E-state index in [2.05, 4.69) is 22.6 Å². The minimum absolute atomic E-state index is 0. The average molecular weight is 252 g/mol. The van der Waals surface area contributed by atoms with Gasteiger partial charge < -0.3 is 14.6 Å². The summed E-state index contributed by atoms with van der Waals surface area (Å²) in [5.41, 5.74) is 0.272. The smallest absolute Gasteiger partial charge is 0.875 e. The second kappa shape index (κ2) is 10.0. The zero-order valence-corrected chi connectivity index (χ0v) is 12.7. The van der Waals surface area contributed by atoms with E-state index >= 15 is 0 Å². The molecular formula is C10H13KO5. The third-order valence-electron chi connectivity index (χ3n) is 1.27. The van der Waals surface area contributed by atoms with E-state index in [4.69, 9.17) is 0 Å². The van der Waals surface area contributed by atoms with E-state index in [1.165, 1.54) is 6.92 Å². The molecule has 0 fully saturated rings. The molecule has 0 aromatic carbocycles. The van der Waals surface area contributed by atoms with Crippen LogP contribution in [0.1, 0.15) is 13.3 Å². The number of rotatable bonds is 6. The van der Waals surface area contributed by atoms with Gasteiger partial charge in [-0.1, -0.05) is 6.58 Å². The van der Waals surface area contributed by atoms with E-state index < -0.39 is 17.7 Å². The van der Waals surface area contributed by atoms with E-state index in [9.17, 15) is 14.7 Å². The molecule has 0 spiro atoms. The molecule has 0 aromatic heterocycles. The molecule has 0 saturated carbocycles. The zero-order chi connectivity index (χ0) is 11.8. The van der Waals surface area contributed by atoms with Crippen LogP contribution in [0.15, 0.2) is 24.5 Å². The summed E-state index contributed by atoms with van der Waals surface area (Å²) in [6.07, 6.45) is -0.367. The van der Waals surface area contributed by atoms with Gasteiger partial charge in [-0.2, -0.15) is 0 Å². The molecule has 16 heavy (non-hydrogen) atoms. The van der Waals surface area contributed by atoms with Gasteiger partial charge in [0, 0.05) is 5.57 Å². The van der Waals surface area contributed by atoms with Gasteiger partial charge in [-0.25, -0.2) is 4.79 Å². The van der Waals surface area contributed by atoms with Gasteiger partial charge in [-0.15, -0.1) is 12.3 Å². The summed E-state index contributed by atoms with van der Waals surface area (Å²) in [5, 5.41) is 10.4. The topological polar surface area (TPSA) is 75.7 Å². The quantitative estimate of drug-likeness (QED) is 0.165. The Hall–Kier alpha value is -0.144. The average Bonchev–Trinajstić information content (AvgIpc) is 2.10. The van der Waals surface area contributed by atoms with Crippen LogP contribution in [0, 0.1) is 0 Å². The fourth-order valence-corrected chi connectivity index (χ4v) is 0.625. The fraction of sp³-hybridized carbons (Fsp3) is 0.400. The zero-order valence-electron chi connectivity index (χ0n) is 9.58. The first kappa shape index (κ1) is 18.2. The normalized spacial score (nSPS) is 8.56. The summed E-state index contributed by atoms with van der Waals surface area (Å²) in [6.45, 7) is 7.77. The summed E-state index contributed by atoms with van der Waals surface area (Å²) >= 11 is 0. The predicted molar refractivity (Wildman–Crippen MR) is 50.5 cm³/mol. The molecule has 0 atom stereocenters. The Labute approximate surface area is 137 Å². The summed E-state index contributed by atoms with van der Waals surface area (Å²) in [6, 6.07) is 0. The predicted octanol–water partition coefficient (Wildman–Crippen LogP) is -3.08. The van der Waals surface area contributed by atoms with Crippen LogP contribution in [-0.2, 0) is 19.1 Å². The van der Waals surface area contributed by atoms with Crippen LogP contribution in [0.3, 0.4) is 0 Å². The van der Waals surface area contributed by atoms with Crippen molar-refractivity contribution in [1.82, 2.24) is 0 Å². The van der Waals surface area contributed by atoms with Crippen LogP contribution in [0.2, 0.25) is 0 Å². The first-order valence-electron chi connectivity index (χ1n) is 4.26. The second-order valence-corrected chi connectivity index (χ2v) is 2.85. The van der Waals surface area contributed by atoms with Crippen LogP contribution in [0.25, 0.3) is 0 Å². The van der Waals surface area contributed by atoms with Gasteiger partial charge in [0.15, 0.2) is 0 Å². The SMILES string of the molecule is C=C([O-])CC(=O)OCCOC(=O)C(=C)C.[K+]. The molecule has 0 heterocycles. The first-order chi connectivity index (χ1) is 6.93. The largest absolute Gasteiger partial charge is 1.00 e. The maximum absolute atomic E-state index is 10.8. The molecule has 0 rings (SSSR count). The number of carbonyl (C=O) groups excluding carboxylic acids is 2. The minimum atomic E-state index is -0.679. The summed E-state index contributed by atoms with van der Waals surface area (Å²) in [7, 11) is 0. The van der Waals surface area contributed by atoms with Gasteiger partial charge in [0.05, 0.1) is 6.42 Å². The Morgan fingerprint density at radius 3 is 2.12 bits per heavy atom. The van der Waals surface area contributed by atoms with Crippen LogP contribution in [0.5, 0.6) is 0 Å². The first-order valence-corrected chi connectivity index (χ1v) is 4.26. The Balaban J connectivity index is 0. The van der Waals surface area contributed by atoms with E-state index in [-0.39, 0.29) is 76.6 Å². The molecule has 0 unspecified atom stereocenters. The monoisotopic (exact) mass is 252 g/mol.